The summed E-state index contributed by atoms with van der Waals surface area (Å²) in [5, 5.41) is 2.14. The highest BCUT2D eigenvalue weighted by Crippen LogP contribution is 2.19. The minimum Gasteiger partial charge on any atom is -0.496 e. The Morgan fingerprint density at radius 3 is 2.44 bits per heavy atom. The number of amides is 2. The largest absolute Gasteiger partial charge is 0.496 e. The van der Waals surface area contributed by atoms with Crippen LogP contribution in [0.4, 0.5) is 0 Å². The van der Waals surface area contributed by atoms with Crippen molar-refractivity contribution in [1.82, 2.24) is 5.32 Å². The number of imide groups is 1. The van der Waals surface area contributed by atoms with Crippen molar-refractivity contribution >= 4 is 17.8 Å². The number of esters is 1. The molecule has 0 atom stereocenters. The fourth-order valence-electron chi connectivity index (χ4n) is 2.25. The van der Waals surface area contributed by atoms with E-state index in [4.69, 9.17) is 14.2 Å². The van der Waals surface area contributed by atoms with Crippen molar-refractivity contribution in [3.05, 3.63) is 59.2 Å². The van der Waals surface area contributed by atoms with Gasteiger partial charge in [-0.3, -0.25) is 14.9 Å². The predicted molar refractivity (Wildman–Crippen MR) is 97.8 cm³/mol. The van der Waals surface area contributed by atoms with Crippen molar-refractivity contribution < 1.29 is 28.6 Å². The normalized spacial score (nSPS) is 10.0. The highest BCUT2D eigenvalue weighted by Gasteiger charge is 2.16. The molecule has 7 nitrogen and oxygen atoms in total. The van der Waals surface area contributed by atoms with Crippen molar-refractivity contribution in [2.45, 2.75) is 13.8 Å². The Morgan fingerprint density at radius 1 is 0.963 bits per heavy atom. The molecular formula is C20H21NO6. The van der Waals surface area contributed by atoms with E-state index < -0.39 is 24.4 Å². The number of para-hydroxylation sites is 1. The van der Waals surface area contributed by atoms with Crippen LogP contribution < -0.4 is 14.8 Å². The molecule has 0 aliphatic rings. The maximum Gasteiger partial charge on any atom is 0.344 e. The van der Waals surface area contributed by atoms with Gasteiger partial charge in [-0.1, -0.05) is 24.3 Å². The topological polar surface area (TPSA) is 90.9 Å². The lowest BCUT2D eigenvalue weighted by atomic mass is 10.1. The van der Waals surface area contributed by atoms with Crippen LogP contribution in [0.2, 0.25) is 0 Å². The predicted octanol–water partition coefficient (Wildman–Crippen LogP) is 2.19. The van der Waals surface area contributed by atoms with E-state index in [1.54, 1.807) is 24.3 Å². The summed E-state index contributed by atoms with van der Waals surface area (Å²) in [6, 6.07) is 12.1. The number of methoxy groups -OCH3 is 1. The van der Waals surface area contributed by atoms with Gasteiger partial charge in [-0.25, -0.2) is 4.79 Å². The van der Waals surface area contributed by atoms with E-state index in [0.29, 0.717) is 11.5 Å². The summed E-state index contributed by atoms with van der Waals surface area (Å²) >= 11 is 0. The lowest BCUT2D eigenvalue weighted by Gasteiger charge is -2.10. The van der Waals surface area contributed by atoms with E-state index in [2.05, 4.69) is 5.32 Å². The van der Waals surface area contributed by atoms with Crippen LogP contribution in [-0.2, 0) is 14.3 Å². The molecule has 0 aliphatic carbocycles. The molecule has 0 heterocycles. The van der Waals surface area contributed by atoms with E-state index in [1.165, 1.54) is 13.2 Å². The van der Waals surface area contributed by atoms with Gasteiger partial charge in [-0.05, 0) is 43.2 Å². The lowest BCUT2D eigenvalue weighted by Crippen LogP contribution is -2.34. The third-order valence-corrected chi connectivity index (χ3v) is 3.66. The molecule has 1 N–H and O–H groups in total. The number of aryl methyl sites for hydroxylation is 2. The van der Waals surface area contributed by atoms with E-state index in [9.17, 15) is 14.4 Å². The fourth-order valence-corrected chi connectivity index (χ4v) is 2.25. The summed E-state index contributed by atoms with van der Waals surface area (Å²) in [4.78, 5) is 35.6. The number of rotatable bonds is 7. The number of hydrogen-bond acceptors (Lipinski definition) is 6. The van der Waals surface area contributed by atoms with Crippen molar-refractivity contribution in [1.29, 1.82) is 0 Å². The fraction of sp³-hybridized carbons (Fsp3) is 0.250. The first-order valence-corrected chi connectivity index (χ1v) is 8.23. The highest BCUT2D eigenvalue weighted by molar-refractivity contribution is 6.06. The van der Waals surface area contributed by atoms with Gasteiger partial charge in [0, 0.05) is 0 Å². The molecule has 0 saturated carbocycles. The molecule has 0 radical (unpaired) electrons. The van der Waals surface area contributed by atoms with Crippen LogP contribution in [-0.4, -0.2) is 38.1 Å². The standard InChI is InChI=1S/C20H21NO6/c1-13-8-9-14(2)17(10-13)26-12-19(23)27-11-18(22)21-20(24)15-6-4-5-7-16(15)25-3/h4-10H,11-12H2,1-3H3,(H,21,22,24). The molecule has 0 saturated heterocycles. The summed E-state index contributed by atoms with van der Waals surface area (Å²) in [6.07, 6.45) is 0. The van der Waals surface area contributed by atoms with Crippen LogP contribution in [0.15, 0.2) is 42.5 Å². The molecule has 2 rings (SSSR count). The van der Waals surface area contributed by atoms with Gasteiger partial charge >= 0.3 is 5.97 Å². The molecule has 0 spiro atoms. The maximum absolute atomic E-state index is 12.1. The van der Waals surface area contributed by atoms with Gasteiger partial charge in [0.2, 0.25) is 0 Å². The number of ether oxygens (including phenoxy) is 3. The second kappa shape index (κ2) is 9.38. The van der Waals surface area contributed by atoms with Crippen LogP contribution in [0.25, 0.3) is 0 Å². The van der Waals surface area contributed by atoms with Gasteiger partial charge in [0.05, 0.1) is 12.7 Å². The van der Waals surface area contributed by atoms with Crippen LogP contribution >= 0.6 is 0 Å². The van der Waals surface area contributed by atoms with Crippen molar-refractivity contribution in [3.8, 4) is 11.5 Å². The Labute approximate surface area is 157 Å². The highest BCUT2D eigenvalue weighted by atomic mass is 16.6. The maximum atomic E-state index is 12.1. The summed E-state index contributed by atoms with van der Waals surface area (Å²) in [5.74, 6) is -1.19. The van der Waals surface area contributed by atoms with Gasteiger partial charge in [-0.15, -0.1) is 0 Å². The zero-order chi connectivity index (χ0) is 19.8. The van der Waals surface area contributed by atoms with Crippen LogP contribution in [0.1, 0.15) is 21.5 Å². The molecular weight excluding hydrogens is 350 g/mol. The van der Waals surface area contributed by atoms with Gasteiger partial charge in [0.15, 0.2) is 13.2 Å². The van der Waals surface area contributed by atoms with Gasteiger partial charge < -0.3 is 14.2 Å². The van der Waals surface area contributed by atoms with E-state index in [1.807, 2.05) is 26.0 Å². The molecule has 2 amide bonds. The van der Waals surface area contributed by atoms with E-state index in [-0.39, 0.29) is 12.2 Å². The Hall–Kier alpha value is -3.35. The zero-order valence-electron chi connectivity index (χ0n) is 15.4. The Balaban J connectivity index is 1.80. The molecule has 0 aliphatic heterocycles. The SMILES string of the molecule is COc1ccccc1C(=O)NC(=O)COC(=O)COc1cc(C)ccc1C. The van der Waals surface area contributed by atoms with Crippen LogP contribution in [0.5, 0.6) is 11.5 Å². The third-order valence-electron chi connectivity index (χ3n) is 3.66. The average molecular weight is 371 g/mol. The summed E-state index contributed by atoms with van der Waals surface area (Å²) in [7, 11) is 1.42. The quantitative estimate of drug-likeness (QED) is 0.751. The third kappa shape index (κ3) is 5.85. The summed E-state index contributed by atoms with van der Waals surface area (Å²) in [6.45, 7) is 2.85. The average Bonchev–Trinajstić information content (AvgIpc) is 2.66. The molecule has 27 heavy (non-hydrogen) atoms. The van der Waals surface area contributed by atoms with Crippen LogP contribution in [0, 0.1) is 13.8 Å². The smallest absolute Gasteiger partial charge is 0.344 e. The van der Waals surface area contributed by atoms with E-state index in [0.717, 1.165) is 11.1 Å². The van der Waals surface area contributed by atoms with Gasteiger partial charge in [0.1, 0.15) is 11.5 Å². The first-order chi connectivity index (χ1) is 12.9. The number of carbonyl (C=O) groups excluding carboxylic acids is 3. The minimum absolute atomic E-state index is 0.206. The van der Waals surface area contributed by atoms with E-state index >= 15 is 0 Å². The lowest BCUT2D eigenvalue weighted by molar-refractivity contribution is -0.150. The number of benzene rings is 2. The number of carbonyl (C=O) groups is 3. The van der Waals surface area contributed by atoms with Crippen LogP contribution in [0.3, 0.4) is 0 Å². The second-order valence-corrected chi connectivity index (χ2v) is 5.80. The Bertz CT molecular complexity index is 846. The summed E-state index contributed by atoms with van der Waals surface area (Å²) in [5.41, 5.74) is 2.09. The first-order valence-electron chi connectivity index (χ1n) is 8.23. The van der Waals surface area contributed by atoms with Crippen molar-refractivity contribution in [3.63, 3.8) is 0 Å². The van der Waals surface area contributed by atoms with Gasteiger partial charge in [0.25, 0.3) is 11.8 Å². The molecule has 2 aromatic rings. The number of nitrogens with one attached hydrogen (secondary N) is 1. The Kier molecular flexibility index (Phi) is 6.93. The molecule has 0 bridgehead atoms. The monoisotopic (exact) mass is 371 g/mol. The molecule has 0 aromatic heterocycles. The molecule has 142 valence electrons. The van der Waals surface area contributed by atoms with Crippen molar-refractivity contribution in [2.75, 3.05) is 20.3 Å². The number of hydrogen-bond donors (Lipinski definition) is 1. The second-order valence-electron chi connectivity index (χ2n) is 5.80. The summed E-state index contributed by atoms with van der Waals surface area (Å²) < 4.78 is 15.3. The molecule has 7 heteroatoms. The molecule has 2 aromatic carbocycles. The Morgan fingerprint density at radius 2 is 1.70 bits per heavy atom. The molecule has 0 unspecified atom stereocenters. The molecule has 0 fully saturated rings. The van der Waals surface area contributed by atoms with Gasteiger partial charge in [-0.2, -0.15) is 0 Å². The van der Waals surface area contributed by atoms with Crippen molar-refractivity contribution in [2.24, 2.45) is 0 Å². The minimum atomic E-state index is -0.744. The first kappa shape index (κ1) is 20.0. The zero-order valence-corrected chi connectivity index (χ0v) is 15.4.